The summed E-state index contributed by atoms with van der Waals surface area (Å²) in [7, 11) is 0. The van der Waals surface area contributed by atoms with Crippen LogP contribution in [0.4, 0.5) is 0 Å². The van der Waals surface area contributed by atoms with E-state index in [1.807, 2.05) is 0 Å². The summed E-state index contributed by atoms with van der Waals surface area (Å²) in [4.78, 5) is 32.6. The minimum atomic E-state index is -1.06. The molecule has 0 bridgehead atoms. The van der Waals surface area contributed by atoms with E-state index in [4.69, 9.17) is 0 Å². The fraction of sp³-hybridized carbons (Fsp3) is 0.571. The first-order valence-corrected chi connectivity index (χ1v) is 3.86. The predicted octanol–water partition coefficient (Wildman–Crippen LogP) is 0.381. The zero-order valence-corrected chi connectivity index (χ0v) is 6.77. The van der Waals surface area contributed by atoms with Crippen LogP contribution in [-0.4, -0.2) is 16.7 Å². The topological polar surface area (TPSA) is 51.2 Å². The molecule has 1 rings (SSSR count). The first-order valence-electron chi connectivity index (χ1n) is 3.41. The Bertz CT molecular complexity index is 206. The number of hydrogen-bond donors (Lipinski definition) is 1. The Morgan fingerprint density at radius 3 is 2.00 bits per heavy atom. The molecule has 4 heteroatoms. The van der Waals surface area contributed by atoms with E-state index in [2.05, 4.69) is 12.6 Å². The number of thiol groups is 1. The Morgan fingerprint density at radius 2 is 1.73 bits per heavy atom. The number of ketones is 2. The van der Waals surface area contributed by atoms with E-state index in [-0.39, 0.29) is 11.6 Å². The van der Waals surface area contributed by atoms with Gasteiger partial charge in [-0.05, 0) is 6.42 Å². The second-order valence-electron chi connectivity index (χ2n) is 2.56. The van der Waals surface area contributed by atoms with Crippen molar-refractivity contribution in [3.8, 4) is 0 Å². The van der Waals surface area contributed by atoms with Gasteiger partial charge in [-0.2, -0.15) is 0 Å². The maximum atomic E-state index is 11.0. The Kier molecular flexibility index (Phi) is 2.44. The van der Waals surface area contributed by atoms with Gasteiger partial charge >= 0.3 is 0 Å². The molecule has 11 heavy (non-hydrogen) atoms. The third-order valence-corrected chi connectivity index (χ3v) is 2.00. The number of carbonyl (C=O) groups excluding carboxylic acids is 3. The van der Waals surface area contributed by atoms with Gasteiger partial charge in [0.1, 0.15) is 5.92 Å². The highest BCUT2D eigenvalue weighted by Gasteiger charge is 2.33. The summed E-state index contributed by atoms with van der Waals surface area (Å²) in [6.07, 6.45) is 1.25. The number of carbonyl (C=O) groups is 3. The van der Waals surface area contributed by atoms with E-state index in [0.717, 1.165) is 0 Å². The van der Waals surface area contributed by atoms with Crippen LogP contribution >= 0.6 is 12.6 Å². The minimum absolute atomic E-state index is 0.277. The largest absolute Gasteiger partial charge is 0.298 e. The lowest BCUT2D eigenvalue weighted by Gasteiger charge is -2.15. The van der Waals surface area contributed by atoms with Gasteiger partial charge in [-0.25, -0.2) is 0 Å². The van der Waals surface area contributed by atoms with Crippen molar-refractivity contribution >= 4 is 29.3 Å². The molecule has 3 nitrogen and oxygen atoms in total. The summed E-state index contributed by atoms with van der Waals surface area (Å²) in [5.74, 6) is -1.62. The van der Waals surface area contributed by atoms with Gasteiger partial charge in [0.05, 0.1) is 0 Å². The quantitative estimate of drug-likeness (QED) is 0.459. The fourth-order valence-corrected chi connectivity index (χ4v) is 1.47. The lowest BCUT2D eigenvalue weighted by molar-refractivity contribution is -0.139. The van der Waals surface area contributed by atoms with Crippen molar-refractivity contribution in [2.45, 2.75) is 19.3 Å². The molecular formula is C7H8O3S. The third kappa shape index (κ3) is 1.68. The SMILES string of the molecule is O=C(S)C1C(=O)CCCC1=O. The molecule has 0 heterocycles. The van der Waals surface area contributed by atoms with E-state index < -0.39 is 11.0 Å². The average molecular weight is 172 g/mol. The van der Waals surface area contributed by atoms with Crippen LogP contribution in [0.1, 0.15) is 19.3 Å². The first-order chi connectivity index (χ1) is 5.13. The Labute approximate surface area is 69.6 Å². The Morgan fingerprint density at radius 1 is 1.27 bits per heavy atom. The molecule has 0 radical (unpaired) electrons. The molecular weight excluding hydrogens is 164 g/mol. The van der Waals surface area contributed by atoms with E-state index in [1.54, 1.807) is 0 Å². The molecule has 0 aromatic heterocycles. The molecule has 0 amide bonds. The summed E-state index contributed by atoms with van der Waals surface area (Å²) in [6.45, 7) is 0. The number of hydrogen-bond acceptors (Lipinski definition) is 3. The summed E-state index contributed by atoms with van der Waals surface area (Å²) in [5, 5.41) is -0.611. The average Bonchev–Trinajstić information content (AvgIpc) is 1.85. The Balaban J connectivity index is 2.79. The molecule has 0 unspecified atom stereocenters. The molecule has 0 spiro atoms. The van der Waals surface area contributed by atoms with Crippen LogP contribution in [0.2, 0.25) is 0 Å². The fourth-order valence-electron chi connectivity index (χ4n) is 1.18. The Hall–Kier alpha value is -0.640. The maximum absolute atomic E-state index is 11.0. The van der Waals surface area contributed by atoms with Crippen molar-refractivity contribution in [3.63, 3.8) is 0 Å². The highest BCUT2D eigenvalue weighted by atomic mass is 32.1. The van der Waals surface area contributed by atoms with Crippen molar-refractivity contribution < 1.29 is 14.4 Å². The molecule has 1 saturated carbocycles. The molecule has 0 aliphatic heterocycles. The van der Waals surface area contributed by atoms with Crippen LogP contribution in [0.3, 0.4) is 0 Å². The molecule has 0 saturated heterocycles. The minimum Gasteiger partial charge on any atom is -0.298 e. The van der Waals surface area contributed by atoms with Gasteiger partial charge in [0.2, 0.25) is 5.12 Å². The molecule has 1 aliphatic rings. The lowest BCUT2D eigenvalue weighted by Crippen LogP contribution is -2.32. The molecule has 60 valence electrons. The summed E-state index contributed by atoms with van der Waals surface area (Å²) in [6, 6.07) is 0. The van der Waals surface area contributed by atoms with Gasteiger partial charge < -0.3 is 0 Å². The van der Waals surface area contributed by atoms with Crippen LogP contribution in [0.25, 0.3) is 0 Å². The highest BCUT2D eigenvalue weighted by Crippen LogP contribution is 2.18. The standard InChI is InChI=1S/C7H8O3S/c8-4-2-1-3-5(9)6(4)7(10)11/h6H,1-3H2,(H,10,11). The molecule has 0 atom stereocenters. The van der Waals surface area contributed by atoms with Crippen LogP contribution < -0.4 is 0 Å². The predicted molar refractivity (Wildman–Crippen MR) is 41.3 cm³/mol. The van der Waals surface area contributed by atoms with Crippen molar-refractivity contribution in [1.29, 1.82) is 0 Å². The second kappa shape index (κ2) is 3.17. The van der Waals surface area contributed by atoms with E-state index in [9.17, 15) is 14.4 Å². The van der Waals surface area contributed by atoms with Gasteiger partial charge in [-0.3, -0.25) is 14.4 Å². The molecule has 0 aromatic carbocycles. The van der Waals surface area contributed by atoms with Gasteiger partial charge in [0, 0.05) is 12.8 Å². The van der Waals surface area contributed by atoms with E-state index in [0.29, 0.717) is 19.3 Å². The van der Waals surface area contributed by atoms with Gasteiger partial charge in [-0.15, -0.1) is 12.6 Å². The van der Waals surface area contributed by atoms with Gasteiger partial charge in [0.15, 0.2) is 11.6 Å². The van der Waals surface area contributed by atoms with E-state index >= 15 is 0 Å². The van der Waals surface area contributed by atoms with Crippen LogP contribution in [0, 0.1) is 5.92 Å². The monoisotopic (exact) mass is 172 g/mol. The molecule has 0 aromatic rings. The lowest BCUT2D eigenvalue weighted by atomic mass is 9.88. The van der Waals surface area contributed by atoms with Crippen LogP contribution in [-0.2, 0) is 14.4 Å². The molecule has 0 N–H and O–H groups in total. The highest BCUT2D eigenvalue weighted by molar-refractivity contribution is 7.96. The second-order valence-corrected chi connectivity index (χ2v) is 3.00. The van der Waals surface area contributed by atoms with Crippen molar-refractivity contribution in [2.24, 2.45) is 5.92 Å². The third-order valence-electron chi connectivity index (χ3n) is 1.74. The first kappa shape index (κ1) is 8.46. The summed E-state index contributed by atoms with van der Waals surface area (Å²) >= 11 is 3.48. The van der Waals surface area contributed by atoms with Crippen molar-refractivity contribution in [2.75, 3.05) is 0 Å². The van der Waals surface area contributed by atoms with Gasteiger partial charge in [0.25, 0.3) is 0 Å². The normalized spacial score (nSPS) is 20.5. The zero-order chi connectivity index (χ0) is 8.43. The smallest absolute Gasteiger partial charge is 0.203 e. The van der Waals surface area contributed by atoms with Crippen molar-refractivity contribution in [1.82, 2.24) is 0 Å². The maximum Gasteiger partial charge on any atom is 0.203 e. The summed E-state index contributed by atoms with van der Waals surface area (Å²) < 4.78 is 0. The van der Waals surface area contributed by atoms with E-state index in [1.165, 1.54) is 0 Å². The molecule has 1 fully saturated rings. The number of rotatable bonds is 1. The van der Waals surface area contributed by atoms with Crippen LogP contribution in [0.5, 0.6) is 0 Å². The van der Waals surface area contributed by atoms with Crippen molar-refractivity contribution in [3.05, 3.63) is 0 Å². The summed E-state index contributed by atoms with van der Waals surface area (Å²) in [5.41, 5.74) is 0. The zero-order valence-electron chi connectivity index (χ0n) is 5.87. The number of Topliss-reactive ketones (excluding diaryl/α,β-unsaturated/α-hetero) is 2. The van der Waals surface area contributed by atoms with Gasteiger partial charge in [-0.1, -0.05) is 0 Å². The van der Waals surface area contributed by atoms with Crippen LogP contribution in [0.15, 0.2) is 0 Å². The molecule has 1 aliphatic carbocycles.